The van der Waals surface area contributed by atoms with Gasteiger partial charge in [-0.3, -0.25) is 18.8 Å². The molecule has 0 radical (unpaired) electrons. The molecule has 2 fully saturated rings. The van der Waals surface area contributed by atoms with Crippen LogP contribution in [0, 0.1) is 0 Å². The third-order valence-corrected chi connectivity index (χ3v) is 7.95. The van der Waals surface area contributed by atoms with Gasteiger partial charge in [-0.1, -0.05) is 42.5 Å². The fourth-order valence-corrected chi connectivity index (χ4v) is 6.05. The molecule has 2 saturated heterocycles. The number of fused-ring (bicyclic) bond motifs is 1. The lowest BCUT2D eigenvalue weighted by Crippen LogP contribution is -2.44. The molecule has 0 saturated carbocycles. The second kappa shape index (κ2) is 11.4. The van der Waals surface area contributed by atoms with Crippen LogP contribution in [0.15, 0.2) is 59.4 Å². The summed E-state index contributed by atoms with van der Waals surface area (Å²) >= 11 is 0. The van der Waals surface area contributed by atoms with Crippen molar-refractivity contribution in [3.8, 4) is 0 Å². The average Bonchev–Trinajstić information content (AvgIpc) is 3.48. The normalized spacial score (nSPS) is 19.8. The first kappa shape index (κ1) is 24.8. The van der Waals surface area contributed by atoms with Gasteiger partial charge in [0.1, 0.15) is 0 Å². The van der Waals surface area contributed by atoms with Crippen molar-refractivity contribution in [1.29, 1.82) is 0 Å². The molecule has 0 aliphatic carbocycles. The van der Waals surface area contributed by atoms with Crippen LogP contribution >= 0.6 is 0 Å². The van der Waals surface area contributed by atoms with E-state index in [2.05, 4.69) is 45.4 Å². The SMILES string of the molecule is CCn1c(=O)n(C2CCN(CCCNC(=O)[C@H]3CCCN3Cc3ccccc3)CC2)c2ccccc21. The van der Waals surface area contributed by atoms with Gasteiger partial charge in [0, 0.05) is 38.8 Å². The third-order valence-electron chi connectivity index (χ3n) is 7.95. The van der Waals surface area contributed by atoms with E-state index in [0.29, 0.717) is 6.54 Å². The summed E-state index contributed by atoms with van der Waals surface area (Å²) in [4.78, 5) is 30.7. The summed E-state index contributed by atoms with van der Waals surface area (Å²) in [5, 5.41) is 3.20. The highest BCUT2D eigenvalue weighted by atomic mass is 16.2. The van der Waals surface area contributed by atoms with Gasteiger partial charge in [0.05, 0.1) is 17.1 Å². The molecule has 2 aliphatic heterocycles. The number of aryl methyl sites for hydroxylation is 1. The van der Waals surface area contributed by atoms with Gasteiger partial charge in [-0.15, -0.1) is 0 Å². The van der Waals surface area contributed by atoms with Gasteiger partial charge < -0.3 is 10.2 Å². The molecule has 0 unspecified atom stereocenters. The number of rotatable bonds is 9. The number of piperidine rings is 1. The minimum atomic E-state index is -0.00971. The van der Waals surface area contributed by atoms with Crippen molar-refractivity contribution in [1.82, 2.24) is 24.3 Å². The van der Waals surface area contributed by atoms with E-state index in [1.165, 1.54) is 5.56 Å². The van der Waals surface area contributed by atoms with E-state index in [4.69, 9.17) is 0 Å². The number of nitrogens with one attached hydrogen (secondary N) is 1. The highest BCUT2D eigenvalue weighted by Gasteiger charge is 2.30. The van der Waals surface area contributed by atoms with Crippen molar-refractivity contribution in [3.63, 3.8) is 0 Å². The van der Waals surface area contributed by atoms with Crippen LogP contribution in [-0.2, 0) is 17.9 Å². The predicted octanol–water partition coefficient (Wildman–Crippen LogP) is 3.63. The summed E-state index contributed by atoms with van der Waals surface area (Å²) in [6, 6.07) is 18.8. The molecular weight excluding hydrogens is 450 g/mol. The second-order valence-electron chi connectivity index (χ2n) is 10.2. The molecule has 192 valence electrons. The number of carbonyl (C=O) groups excluding carboxylic acids is 1. The number of imidazole rings is 1. The lowest BCUT2D eigenvalue weighted by Gasteiger charge is -2.32. The monoisotopic (exact) mass is 489 g/mol. The van der Waals surface area contributed by atoms with Gasteiger partial charge >= 0.3 is 5.69 Å². The standard InChI is InChI=1S/C29H39N5O2/c1-2-33-25-12-6-7-13-26(25)34(29(33)36)24-15-20-31(21-16-24)18-9-17-30-28(35)27-14-8-19-32(27)22-23-10-4-3-5-11-23/h3-7,10-13,24,27H,2,8-9,14-22H2,1H3,(H,30,35)/t27-/m1/s1. The lowest BCUT2D eigenvalue weighted by molar-refractivity contribution is -0.125. The van der Waals surface area contributed by atoms with Gasteiger partial charge in [-0.05, 0) is 69.8 Å². The van der Waals surface area contributed by atoms with Crippen molar-refractivity contribution in [2.24, 2.45) is 0 Å². The van der Waals surface area contributed by atoms with E-state index in [9.17, 15) is 9.59 Å². The van der Waals surface area contributed by atoms with Crippen LogP contribution in [0.4, 0.5) is 0 Å². The molecule has 3 aromatic rings. The van der Waals surface area contributed by atoms with E-state index in [0.717, 1.165) is 82.4 Å². The fraction of sp³-hybridized carbons (Fsp3) is 0.517. The Labute approximate surface area is 213 Å². The highest BCUT2D eigenvalue weighted by molar-refractivity contribution is 5.82. The van der Waals surface area contributed by atoms with Crippen LogP contribution < -0.4 is 11.0 Å². The molecule has 3 heterocycles. The molecular formula is C29H39N5O2. The Morgan fingerprint density at radius 2 is 1.67 bits per heavy atom. The Hall–Kier alpha value is -2.90. The molecule has 5 rings (SSSR count). The first-order valence-electron chi connectivity index (χ1n) is 13.6. The molecule has 0 spiro atoms. The fourth-order valence-electron chi connectivity index (χ4n) is 6.05. The van der Waals surface area contributed by atoms with Gasteiger partial charge in [0.2, 0.25) is 5.91 Å². The highest BCUT2D eigenvalue weighted by Crippen LogP contribution is 2.26. The van der Waals surface area contributed by atoms with Crippen LogP contribution in [-0.4, -0.2) is 63.6 Å². The minimum absolute atomic E-state index is 0.00971. The number of amides is 1. The molecule has 1 aromatic heterocycles. The van der Waals surface area contributed by atoms with Crippen molar-refractivity contribution in [2.75, 3.05) is 32.7 Å². The zero-order valence-corrected chi connectivity index (χ0v) is 21.4. The molecule has 0 bridgehead atoms. The molecule has 7 heteroatoms. The predicted molar refractivity (Wildman–Crippen MR) is 144 cm³/mol. The minimum Gasteiger partial charge on any atom is -0.355 e. The third kappa shape index (κ3) is 5.27. The van der Waals surface area contributed by atoms with E-state index in [1.807, 2.05) is 40.3 Å². The van der Waals surface area contributed by atoms with Crippen LogP contribution in [0.1, 0.15) is 50.6 Å². The molecule has 7 nitrogen and oxygen atoms in total. The van der Waals surface area contributed by atoms with E-state index >= 15 is 0 Å². The summed E-state index contributed by atoms with van der Waals surface area (Å²) in [7, 11) is 0. The van der Waals surface area contributed by atoms with E-state index in [-0.39, 0.29) is 23.7 Å². The largest absolute Gasteiger partial charge is 0.355 e. The number of para-hydroxylation sites is 2. The maximum absolute atomic E-state index is 13.1. The van der Waals surface area contributed by atoms with Gasteiger partial charge in [-0.2, -0.15) is 0 Å². The van der Waals surface area contributed by atoms with Crippen molar-refractivity contribution in [2.45, 2.75) is 64.2 Å². The Morgan fingerprint density at radius 1 is 0.944 bits per heavy atom. The van der Waals surface area contributed by atoms with Crippen LogP contribution in [0.5, 0.6) is 0 Å². The summed E-state index contributed by atoms with van der Waals surface area (Å²) in [5.41, 5.74) is 3.47. The molecule has 2 aliphatic rings. The van der Waals surface area contributed by atoms with Gasteiger partial charge in [-0.25, -0.2) is 4.79 Å². The summed E-state index contributed by atoms with van der Waals surface area (Å²) in [6.45, 7) is 8.24. The molecule has 1 amide bonds. The first-order valence-corrected chi connectivity index (χ1v) is 13.6. The Balaban J connectivity index is 1.07. The molecule has 2 aromatic carbocycles. The number of hydrogen-bond acceptors (Lipinski definition) is 4. The number of nitrogens with zero attached hydrogens (tertiary/aromatic N) is 4. The summed E-state index contributed by atoms with van der Waals surface area (Å²) < 4.78 is 3.91. The number of likely N-dealkylation sites (tertiary alicyclic amines) is 2. The number of benzene rings is 2. The van der Waals surface area contributed by atoms with E-state index in [1.54, 1.807) is 0 Å². The van der Waals surface area contributed by atoms with Gasteiger partial charge in [0.15, 0.2) is 0 Å². The van der Waals surface area contributed by atoms with Crippen molar-refractivity contribution in [3.05, 3.63) is 70.6 Å². The number of carbonyl (C=O) groups is 1. The van der Waals surface area contributed by atoms with Crippen LogP contribution in [0.25, 0.3) is 11.0 Å². The molecule has 36 heavy (non-hydrogen) atoms. The number of hydrogen-bond donors (Lipinski definition) is 1. The molecule has 1 N–H and O–H groups in total. The summed E-state index contributed by atoms with van der Waals surface area (Å²) in [6.07, 6.45) is 4.96. The van der Waals surface area contributed by atoms with Crippen molar-refractivity contribution >= 4 is 16.9 Å². The summed E-state index contributed by atoms with van der Waals surface area (Å²) in [5.74, 6) is 0.175. The zero-order chi connectivity index (χ0) is 24.9. The van der Waals surface area contributed by atoms with Crippen molar-refractivity contribution < 1.29 is 4.79 Å². The number of aromatic nitrogens is 2. The zero-order valence-electron chi connectivity index (χ0n) is 21.4. The van der Waals surface area contributed by atoms with Crippen LogP contribution in [0.3, 0.4) is 0 Å². The quantitative estimate of drug-likeness (QED) is 0.467. The molecule has 1 atom stereocenters. The van der Waals surface area contributed by atoms with E-state index < -0.39 is 0 Å². The Bertz CT molecular complexity index is 1210. The Morgan fingerprint density at radius 3 is 2.42 bits per heavy atom. The van der Waals surface area contributed by atoms with Crippen LogP contribution in [0.2, 0.25) is 0 Å². The topological polar surface area (TPSA) is 62.5 Å². The lowest BCUT2D eigenvalue weighted by atomic mass is 10.0. The second-order valence-corrected chi connectivity index (χ2v) is 10.2. The maximum Gasteiger partial charge on any atom is 0.329 e. The first-order chi connectivity index (χ1) is 17.7. The Kier molecular flexibility index (Phi) is 7.87. The smallest absolute Gasteiger partial charge is 0.329 e. The maximum atomic E-state index is 13.1. The average molecular weight is 490 g/mol. The van der Waals surface area contributed by atoms with Gasteiger partial charge in [0.25, 0.3) is 0 Å².